The van der Waals surface area contributed by atoms with E-state index in [0.29, 0.717) is 0 Å². The van der Waals surface area contributed by atoms with Crippen molar-refractivity contribution in [1.82, 2.24) is 9.44 Å². The van der Waals surface area contributed by atoms with Crippen molar-refractivity contribution in [2.75, 3.05) is 26.9 Å². The maximum Gasteiger partial charge on any atom is 0.397 e. The number of nitrogens with one attached hydrogen (secondary N) is 2. The van der Waals surface area contributed by atoms with Gasteiger partial charge in [-0.2, -0.15) is 68.4 Å². The first-order valence-electron chi connectivity index (χ1n) is 22.9. The molecule has 0 radical (unpaired) electrons. The monoisotopic (exact) mass is 1430 g/mol. The van der Waals surface area contributed by atoms with Crippen LogP contribution in [-0.4, -0.2) is 324 Å². The Bertz CT molecular complexity index is 3210. The summed E-state index contributed by atoms with van der Waals surface area (Å²) in [5.41, 5.74) is 6.18. The van der Waals surface area contributed by atoms with E-state index in [4.69, 9.17) is 57.7 Å². The van der Waals surface area contributed by atoms with E-state index in [1.807, 2.05) is 0 Å². The molecule has 0 amide bonds. The summed E-state index contributed by atoms with van der Waals surface area (Å²) in [6, 6.07) is -7.45. The normalized spacial score (nSPS) is 39.7. The highest BCUT2D eigenvalue weighted by atomic mass is 32.3. The molecule has 0 saturated carbocycles. The molecule has 0 aromatic heterocycles. The van der Waals surface area contributed by atoms with Gasteiger partial charge in [0.1, 0.15) is 97.5 Å². The largest absolute Gasteiger partial charge is 0.479 e. The van der Waals surface area contributed by atoms with Gasteiger partial charge in [0, 0.05) is 7.11 Å². The van der Waals surface area contributed by atoms with Crippen LogP contribution in [0.25, 0.3) is 0 Å². The van der Waals surface area contributed by atoms with Crippen molar-refractivity contribution < 1.29 is 210 Å². The summed E-state index contributed by atoms with van der Waals surface area (Å²) in [5.74, 6) is -4.67. The zero-order chi connectivity index (χ0) is 66.2. The minimum absolute atomic E-state index is 0.773. The van der Waals surface area contributed by atoms with Crippen LogP contribution in [0.2, 0.25) is 0 Å². The SMILES string of the molecule is CO[C@H]1O[C@H](COS(=O)(=O)O)[C@@H](O[C@@H]2O[C@@H](C(=O)O)[C@@H](O[C@@H]3O[C@H](COS(=O)(=O)O)[C@@H](O[C@@H]4O[C@H](C(=O)O)[C@@H](O[C@H]5O[C@H](COS(=O)(=O)O)[C@@H](O)[C@H](O)[C@H]5NS(=O)(=O)O)[C@H](O)[C@H]4O)[C@H](OS(=O)(=O)O)[C@H]3N)[C@H](O)[C@H]2OS(=O)(=O)O)[C@H](O)[C@H]1NS(=O)(=O)O. The molecule has 5 aliphatic heterocycles. The molecule has 0 spiro atoms. The van der Waals surface area contributed by atoms with Crippen LogP contribution in [0.5, 0.6) is 0 Å². The summed E-state index contributed by atoms with van der Waals surface area (Å²) < 4.78 is 309. The molecule has 0 aromatic carbocycles. The summed E-state index contributed by atoms with van der Waals surface area (Å²) in [7, 11) is -38.9. The number of methoxy groups -OCH3 is 1. The number of hydrogen-bond acceptors (Lipinski definition) is 38. The Hall–Kier alpha value is -2.65. The van der Waals surface area contributed by atoms with Crippen molar-refractivity contribution in [3.63, 3.8) is 0 Å². The Kier molecular flexibility index (Phi) is 24.8. The van der Waals surface area contributed by atoms with Crippen molar-refractivity contribution in [1.29, 1.82) is 0 Å². The van der Waals surface area contributed by atoms with Crippen molar-refractivity contribution in [3.8, 4) is 0 Å². The molecular formula is C31H53N3O46S7. The van der Waals surface area contributed by atoms with Crippen molar-refractivity contribution in [2.24, 2.45) is 5.73 Å². The van der Waals surface area contributed by atoms with Crippen LogP contribution in [0, 0.1) is 0 Å². The molecule has 510 valence electrons. The molecule has 0 aromatic rings. The number of aliphatic hydroxyl groups excluding tert-OH is 6. The van der Waals surface area contributed by atoms with Gasteiger partial charge in [0.25, 0.3) is 0 Å². The van der Waals surface area contributed by atoms with Crippen molar-refractivity contribution >= 4 is 84.5 Å². The standard InChI is InChI=1S/C31H53N3O46S7/c1-66-28-10(34-82(48,49)50)13(37)17(6(72-28)3-68-84(54,55)56)73-31-22(80-87(63,64)65)16(40)21(24(78-31)26(43)44)75-27-8(32)19(79-86(60,61)62)18(7(71-27)4-69-85(57,58)59)74-30-15(39)14(38)20(23(77-30)25(41)42)76-29-9(33-81(45,46)47)12(36)11(35)5(70-29)2-67-83(51,52)53/h5-24,27-31,33-40H,2-4,32H2,1H3,(H,41,42)(H,43,44)(H,45,46,47)(H,48,49,50)(H,51,52,53)(H,54,55,56)(H,57,58,59)(H,60,61,62)(H,63,64,65)/t5-,6-,7-,8-,9-,10-,11-,12-,13-,14-,15-,16+,17-,18-,19-,20+,21+,22-,23+,24-,27+,28+,29-,30-,31-/m1/s1. The Morgan fingerprint density at radius 2 is 0.782 bits per heavy atom. The topological polar surface area (TPSA) is 765 Å². The number of rotatable bonds is 28. The molecule has 5 rings (SSSR count). The third-order valence-electron chi connectivity index (χ3n) is 12.2. The zero-order valence-corrected chi connectivity index (χ0v) is 48.1. The maximum absolute atomic E-state index is 12.9. The predicted molar refractivity (Wildman–Crippen MR) is 251 cm³/mol. The average Bonchev–Trinajstić information content (AvgIpc) is 1.26. The predicted octanol–water partition coefficient (Wildman–Crippen LogP) is -13.2. The van der Waals surface area contributed by atoms with E-state index < -0.39 is 258 Å². The van der Waals surface area contributed by atoms with Crippen LogP contribution in [-0.2, 0) is 150 Å². The molecule has 56 heteroatoms. The number of carbonyl (C=O) groups is 2. The highest BCUT2D eigenvalue weighted by Crippen LogP contribution is 2.38. The minimum atomic E-state index is -6.06. The number of aliphatic carboxylic acids is 2. The first-order valence-corrected chi connectivity index (χ1v) is 32.6. The van der Waals surface area contributed by atoms with Crippen LogP contribution in [0.4, 0.5) is 0 Å². The third kappa shape index (κ3) is 21.2. The number of carboxylic acid groups (broad SMARTS) is 2. The number of hydrogen-bond donors (Lipinski definition) is 18. The average molecular weight is 1430 g/mol. The second-order valence-electron chi connectivity index (χ2n) is 18.2. The molecule has 5 aliphatic rings. The molecule has 5 heterocycles. The van der Waals surface area contributed by atoms with Gasteiger partial charge in [0.15, 0.2) is 49.8 Å². The molecule has 0 bridgehead atoms. The summed E-state index contributed by atoms with van der Waals surface area (Å²) in [6.07, 6.45) is -59.8. The first-order chi connectivity index (χ1) is 39.5. The molecule has 5 saturated heterocycles. The fourth-order valence-electron chi connectivity index (χ4n) is 8.72. The lowest BCUT2D eigenvalue weighted by molar-refractivity contribution is -0.372. The highest BCUT2D eigenvalue weighted by molar-refractivity contribution is 7.84. The van der Waals surface area contributed by atoms with Crippen LogP contribution >= 0.6 is 0 Å². The van der Waals surface area contributed by atoms with Gasteiger partial charge in [-0.25, -0.2) is 30.5 Å². The van der Waals surface area contributed by atoms with Crippen molar-refractivity contribution in [2.45, 2.75) is 153 Å². The van der Waals surface area contributed by atoms with E-state index >= 15 is 0 Å². The molecule has 0 aliphatic carbocycles. The number of nitrogens with two attached hydrogens (primary N) is 1. The maximum atomic E-state index is 12.9. The van der Waals surface area contributed by atoms with E-state index in [-0.39, 0.29) is 0 Å². The summed E-state index contributed by atoms with van der Waals surface area (Å²) in [6.45, 7) is -4.76. The van der Waals surface area contributed by atoms with E-state index in [0.717, 1.165) is 7.11 Å². The van der Waals surface area contributed by atoms with Gasteiger partial charge in [0.05, 0.1) is 25.9 Å². The quantitative estimate of drug-likeness (QED) is 0.0324. The number of aliphatic hydroxyl groups is 6. The van der Waals surface area contributed by atoms with E-state index in [1.165, 1.54) is 9.44 Å². The smallest absolute Gasteiger partial charge is 0.397 e. The fourth-order valence-corrected chi connectivity index (χ4v) is 11.8. The molecule has 87 heavy (non-hydrogen) atoms. The van der Waals surface area contributed by atoms with Gasteiger partial charge < -0.3 is 94.0 Å². The lowest BCUT2D eigenvalue weighted by Crippen LogP contribution is -2.70. The van der Waals surface area contributed by atoms with E-state index in [2.05, 4.69) is 20.9 Å². The van der Waals surface area contributed by atoms with Gasteiger partial charge in [-0.1, -0.05) is 0 Å². The van der Waals surface area contributed by atoms with Gasteiger partial charge in [-0.05, 0) is 0 Å². The van der Waals surface area contributed by atoms with Crippen molar-refractivity contribution in [3.05, 3.63) is 0 Å². The van der Waals surface area contributed by atoms with Crippen LogP contribution in [0.3, 0.4) is 0 Å². The Labute approximate surface area is 487 Å². The molecule has 49 nitrogen and oxygen atoms in total. The van der Waals surface area contributed by atoms with Crippen LogP contribution in [0.15, 0.2) is 0 Å². The summed E-state index contributed by atoms with van der Waals surface area (Å²) in [4.78, 5) is 25.6. The summed E-state index contributed by atoms with van der Waals surface area (Å²) >= 11 is 0. The van der Waals surface area contributed by atoms with Gasteiger partial charge in [0.2, 0.25) is 0 Å². The Morgan fingerprint density at radius 3 is 1.23 bits per heavy atom. The van der Waals surface area contributed by atoms with E-state index in [1.54, 1.807) is 0 Å². The molecule has 0 unspecified atom stereocenters. The van der Waals surface area contributed by atoms with Crippen LogP contribution < -0.4 is 15.2 Å². The second-order valence-corrected chi connectivity index (χ2v) is 25.9. The number of carboxylic acids is 2. The third-order valence-corrected chi connectivity index (χ3v) is 15.6. The second kappa shape index (κ2) is 28.7. The summed E-state index contributed by atoms with van der Waals surface area (Å²) in [5, 5.41) is 87.4. The van der Waals surface area contributed by atoms with Gasteiger partial charge in [-0.3, -0.25) is 31.9 Å². The highest BCUT2D eigenvalue weighted by Gasteiger charge is 2.60. The van der Waals surface area contributed by atoms with Gasteiger partial charge >= 0.3 is 84.5 Å². The molecule has 5 fully saturated rings. The van der Waals surface area contributed by atoms with Gasteiger partial charge in [-0.15, -0.1) is 0 Å². The van der Waals surface area contributed by atoms with E-state index in [9.17, 15) is 137 Å². The Morgan fingerprint density at radius 1 is 0.402 bits per heavy atom. The zero-order valence-electron chi connectivity index (χ0n) is 42.4. The molecule has 19 N–H and O–H groups in total. The Balaban J connectivity index is 1.52. The molecule has 25 atom stereocenters. The lowest BCUT2D eigenvalue weighted by atomic mass is 9.94. The minimum Gasteiger partial charge on any atom is -0.479 e. The lowest BCUT2D eigenvalue weighted by Gasteiger charge is -2.50. The first kappa shape index (κ1) is 75.1. The van der Waals surface area contributed by atoms with Crippen LogP contribution in [0.1, 0.15) is 0 Å². The number of ether oxygens (including phenoxy) is 10. The molecular weight excluding hydrogens is 1370 g/mol. The fraction of sp³-hybridized carbons (Fsp3) is 0.935.